The first-order valence-electron chi connectivity index (χ1n) is 6.18. The van der Waals surface area contributed by atoms with E-state index in [1.807, 2.05) is 0 Å². The number of ether oxygens (including phenoxy) is 1. The van der Waals surface area contributed by atoms with Gasteiger partial charge in [-0.3, -0.25) is 9.59 Å². The van der Waals surface area contributed by atoms with Gasteiger partial charge in [0, 0.05) is 20.0 Å². The first-order chi connectivity index (χ1) is 9.43. The Morgan fingerprint density at radius 2 is 1.95 bits per heavy atom. The molecule has 0 spiro atoms. The van der Waals surface area contributed by atoms with Gasteiger partial charge in [0.2, 0.25) is 5.91 Å². The summed E-state index contributed by atoms with van der Waals surface area (Å²) in [5.41, 5.74) is 0.411. The van der Waals surface area contributed by atoms with E-state index in [2.05, 4.69) is 4.74 Å². The van der Waals surface area contributed by atoms with Gasteiger partial charge in [0.05, 0.1) is 13.5 Å². The summed E-state index contributed by atoms with van der Waals surface area (Å²) in [6, 6.07) is 3.38. The van der Waals surface area contributed by atoms with E-state index in [1.54, 1.807) is 7.05 Å². The van der Waals surface area contributed by atoms with Crippen LogP contribution in [0.4, 0.5) is 8.78 Å². The maximum absolute atomic E-state index is 13.0. The van der Waals surface area contributed by atoms with Gasteiger partial charge < -0.3 is 9.64 Å². The van der Waals surface area contributed by atoms with Gasteiger partial charge >= 0.3 is 5.97 Å². The molecule has 1 rings (SSSR count). The number of amides is 1. The molecule has 1 aromatic carbocycles. The number of nitrogens with zero attached hydrogens (tertiary/aromatic N) is 1. The van der Waals surface area contributed by atoms with Crippen LogP contribution in [0.3, 0.4) is 0 Å². The first kappa shape index (κ1) is 16.1. The Labute approximate surface area is 116 Å². The van der Waals surface area contributed by atoms with Crippen molar-refractivity contribution in [2.45, 2.75) is 19.3 Å². The average Bonchev–Trinajstić information content (AvgIpc) is 2.42. The van der Waals surface area contributed by atoms with E-state index in [0.717, 1.165) is 12.1 Å². The van der Waals surface area contributed by atoms with Crippen molar-refractivity contribution in [1.82, 2.24) is 4.90 Å². The zero-order valence-electron chi connectivity index (χ0n) is 11.5. The van der Waals surface area contributed by atoms with Crippen molar-refractivity contribution in [2.75, 3.05) is 20.7 Å². The summed E-state index contributed by atoms with van der Waals surface area (Å²) in [5, 5.41) is 0. The highest BCUT2D eigenvalue weighted by Gasteiger charge is 2.12. The molecule has 0 atom stereocenters. The molecule has 4 nitrogen and oxygen atoms in total. The van der Waals surface area contributed by atoms with E-state index in [9.17, 15) is 18.4 Å². The van der Waals surface area contributed by atoms with Crippen molar-refractivity contribution >= 4 is 11.9 Å². The Bertz CT molecular complexity index is 491. The third kappa shape index (κ3) is 4.95. The molecule has 0 aliphatic heterocycles. The van der Waals surface area contributed by atoms with E-state index in [1.165, 1.54) is 18.1 Å². The number of rotatable bonds is 6. The Hall–Kier alpha value is -1.98. The van der Waals surface area contributed by atoms with Crippen molar-refractivity contribution in [3.63, 3.8) is 0 Å². The molecule has 0 unspecified atom stereocenters. The van der Waals surface area contributed by atoms with Crippen LogP contribution in [0.2, 0.25) is 0 Å². The van der Waals surface area contributed by atoms with Crippen molar-refractivity contribution in [2.24, 2.45) is 0 Å². The summed E-state index contributed by atoms with van der Waals surface area (Å²) in [7, 11) is 2.90. The molecule has 0 bridgehead atoms. The van der Waals surface area contributed by atoms with Crippen LogP contribution >= 0.6 is 0 Å². The standard InChI is InChI=1S/C14H17F2NO3/c1-17(7-3-4-14(19)20-2)13(18)9-10-5-6-11(15)12(16)8-10/h5-6,8H,3-4,7,9H2,1-2H3. The van der Waals surface area contributed by atoms with E-state index >= 15 is 0 Å². The Kier molecular flexibility index (Phi) is 6.09. The molecule has 1 amide bonds. The Morgan fingerprint density at radius 1 is 1.25 bits per heavy atom. The van der Waals surface area contributed by atoms with Crippen molar-refractivity contribution < 1.29 is 23.1 Å². The molecule has 0 aliphatic carbocycles. The Balaban J connectivity index is 2.45. The number of carbonyl (C=O) groups is 2. The minimum atomic E-state index is -0.969. The topological polar surface area (TPSA) is 46.6 Å². The maximum Gasteiger partial charge on any atom is 0.305 e. The fourth-order valence-electron chi connectivity index (χ4n) is 1.65. The minimum Gasteiger partial charge on any atom is -0.469 e. The average molecular weight is 285 g/mol. The second-order valence-corrected chi connectivity index (χ2v) is 4.42. The molecule has 6 heteroatoms. The van der Waals surface area contributed by atoms with Crippen LogP contribution in [0.25, 0.3) is 0 Å². The number of hydrogen-bond donors (Lipinski definition) is 0. The summed E-state index contributed by atoms with van der Waals surface area (Å²) < 4.78 is 30.3. The molecule has 0 heterocycles. The van der Waals surface area contributed by atoms with Crippen LogP contribution in [0.5, 0.6) is 0 Å². The molecule has 0 radical (unpaired) electrons. The number of methoxy groups -OCH3 is 1. The van der Waals surface area contributed by atoms with Gasteiger partial charge in [-0.15, -0.1) is 0 Å². The van der Waals surface area contributed by atoms with E-state index in [4.69, 9.17) is 0 Å². The van der Waals surface area contributed by atoms with Gasteiger partial charge in [-0.05, 0) is 24.1 Å². The lowest BCUT2D eigenvalue weighted by molar-refractivity contribution is -0.141. The number of halogens is 2. The quantitative estimate of drug-likeness (QED) is 0.750. The zero-order valence-corrected chi connectivity index (χ0v) is 11.5. The lowest BCUT2D eigenvalue weighted by atomic mass is 10.1. The molecular formula is C14H17F2NO3. The highest BCUT2D eigenvalue weighted by molar-refractivity contribution is 5.78. The van der Waals surface area contributed by atoms with E-state index in [0.29, 0.717) is 18.5 Å². The second-order valence-electron chi connectivity index (χ2n) is 4.42. The molecule has 0 saturated heterocycles. The molecule has 0 aromatic heterocycles. The third-order valence-electron chi connectivity index (χ3n) is 2.87. The van der Waals surface area contributed by atoms with Crippen LogP contribution in [-0.4, -0.2) is 37.5 Å². The molecule has 0 fully saturated rings. The number of carbonyl (C=O) groups excluding carboxylic acids is 2. The van der Waals surface area contributed by atoms with Gasteiger partial charge in [-0.1, -0.05) is 6.07 Å². The van der Waals surface area contributed by atoms with Crippen LogP contribution in [0, 0.1) is 11.6 Å². The summed E-state index contributed by atoms with van der Waals surface area (Å²) >= 11 is 0. The van der Waals surface area contributed by atoms with Crippen LogP contribution < -0.4 is 0 Å². The number of benzene rings is 1. The molecular weight excluding hydrogens is 268 g/mol. The highest BCUT2D eigenvalue weighted by atomic mass is 19.2. The fourth-order valence-corrected chi connectivity index (χ4v) is 1.65. The predicted octanol–water partition coefficient (Wildman–Crippen LogP) is 1.92. The monoisotopic (exact) mass is 285 g/mol. The van der Waals surface area contributed by atoms with Gasteiger partial charge in [-0.25, -0.2) is 8.78 Å². The van der Waals surface area contributed by atoms with Gasteiger partial charge in [0.1, 0.15) is 0 Å². The van der Waals surface area contributed by atoms with Gasteiger partial charge in [0.25, 0.3) is 0 Å². The summed E-state index contributed by atoms with van der Waals surface area (Å²) in [6.07, 6.45) is 0.720. The Morgan fingerprint density at radius 3 is 2.55 bits per heavy atom. The van der Waals surface area contributed by atoms with E-state index in [-0.39, 0.29) is 24.7 Å². The molecule has 20 heavy (non-hydrogen) atoms. The summed E-state index contributed by atoms with van der Waals surface area (Å²) in [6.45, 7) is 0.400. The molecule has 1 aromatic rings. The predicted molar refractivity (Wildman–Crippen MR) is 68.9 cm³/mol. The van der Waals surface area contributed by atoms with Crippen LogP contribution in [0.1, 0.15) is 18.4 Å². The number of likely N-dealkylation sites (N-methyl/N-ethyl adjacent to an activating group) is 1. The zero-order chi connectivity index (χ0) is 15.1. The summed E-state index contributed by atoms with van der Waals surface area (Å²) in [4.78, 5) is 24.2. The number of hydrogen-bond acceptors (Lipinski definition) is 3. The lowest BCUT2D eigenvalue weighted by Gasteiger charge is -2.16. The van der Waals surface area contributed by atoms with Crippen LogP contribution in [0.15, 0.2) is 18.2 Å². The van der Waals surface area contributed by atoms with Crippen molar-refractivity contribution in [1.29, 1.82) is 0 Å². The second kappa shape index (κ2) is 7.57. The molecule has 110 valence electrons. The third-order valence-corrected chi connectivity index (χ3v) is 2.87. The number of esters is 1. The molecule has 0 N–H and O–H groups in total. The van der Waals surface area contributed by atoms with Crippen LogP contribution in [-0.2, 0) is 20.7 Å². The van der Waals surface area contributed by atoms with Gasteiger partial charge in [0.15, 0.2) is 11.6 Å². The minimum absolute atomic E-state index is 0.00801. The first-order valence-corrected chi connectivity index (χ1v) is 6.18. The smallest absolute Gasteiger partial charge is 0.305 e. The van der Waals surface area contributed by atoms with Crippen molar-refractivity contribution in [3.05, 3.63) is 35.4 Å². The van der Waals surface area contributed by atoms with Gasteiger partial charge in [-0.2, -0.15) is 0 Å². The van der Waals surface area contributed by atoms with E-state index < -0.39 is 11.6 Å². The molecule has 0 saturated carbocycles. The largest absolute Gasteiger partial charge is 0.469 e. The molecule has 0 aliphatic rings. The lowest BCUT2D eigenvalue weighted by Crippen LogP contribution is -2.29. The van der Waals surface area contributed by atoms with Crippen molar-refractivity contribution in [3.8, 4) is 0 Å². The summed E-state index contributed by atoms with van der Waals surface area (Å²) in [5.74, 6) is -2.45. The SMILES string of the molecule is COC(=O)CCCN(C)C(=O)Cc1ccc(F)c(F)c1. The highest BCUT2D eigenvalue weighted by Crippen LogP contribution is 2.10. The fraction of sp³-hybridized carbons (Fsp3) is 0.429. The maximum atomic E-state index is 13.0. The normalized spacial score (nSPS) is 10.2.